The molecule has 14 heavy (non-hydrogen) atoms. The Labute approximate surface area is 82.8 Å². The quantitative estimate of drug-likeness (QED) is 0.775. The summed E-state index contributed by atoms with van der Waals surface area (Å²) in [7, 11) is 1.95. The van der Waals surface area contributed by atoms with Gasteiger partial charge in [0.2, 0.25) is 0 Å². The molecule has 3 nitrogen and oxygen atoms in total. The minimum Gasteiger partial charge on any atom is -0.327 e. The zero-order valence-corrected chi connectivity index (χ0v) is 8.14. The van der Waals surface area contributed by atoms with Gasteiger partial charge in [-0.25, -0.2) is 0 Å². The summed E-state index contributed by atoms with van der Waals surface area (Å²) in [4.78, 5) is 0. The summed E-state index contributed by atoms with van der Waals surface area (Å²) in [5, 5.41) is 5.37. The van der Waals surface area contributed by atoms with Gasteiger partial charge in [0.1, 0.15) is 0 Å². The number of hydrogen-bond donors (Lipinski definition) is 1. The molecule has 0 aliphatic carbocycles. The molecule has 72 valence electrons. The number of nitrogens with two attached hydrogens (primary N) is 1. The lowest BCUT2D eigenvalue weighted by molar-refractivity contribution is 0.796. The Kier molecular flexibility index (Phi) is 2.33. The van der Waals surface area contributed by atoms with Crippen molar-refractivity contribution in [2.24, 2.45) is 12.8 Å². The average molecular weight is 187 g/mol. The Morgan fingerprint density at radius 3 is 3.14 bits per heavy atom. The Bertz CT molecular complexity index is 468. The first-order valence-corrected chi connectivity index (χ1v) is 4.60. The summed E-state index contributed by atoms with van der Waals surface area (Å²) in [6, 6.07) is 6.15. The molecule has 0 radical (unpaired) electrons. The molecule has 0 saturated carbocycles. The van der Waals surface area contributed by atoms with Crippen LogP contribution in [0.15, 0.2) is 30.5 Å². The van der Waals surface area contributed by atoms with Gasteiger partial charge in [0.25, 0.3) is 0 Å². The Morgan fingerprint density at radius 2 is 2.36 bits per heavy atom. The molecule has 1 aromatic carbocycles. The van der Waals surface area contributed by atoms with E-state index in [0.717, 1.165) is 16.5 Å². The summed E-state index contributed by atoms with van der Waals surface area (Å²) >= 11 is 0. The predicted octanol–water partition coefficient (Wildman–Crippen LogP) is 1.55. The molecule has 0 aliphatic rings. The summed E-state index contributed by atoms with van der Waals surface area (Å²) in [5.41, 5.74) is 7.73. The van der Waals surface area contributed by atoms with Crippen LogP contribution in [0.2, 0.25) is 0 Å². The lowest BCUT2D eigenvalue weighted by Crippen LogP contribution is -1.93. The maximum atomic E-state index is 5.42. The molecule has 1 aromatic heterocycles. The van der Waals surface area contributed by atoms with E-state index in [2.05, 4.69) is 17.2 Å². The number of fused-ring (bicyclic) bond motifs is 1. The minimum absolute atomic E-state index is 0.564. The SMILES string of the molecule is Cn1ncc2cccc(/C=C/CN)c21. The second-order valence-corrected chi connectivity index (χ2v) is 3.19. The Morgan fingerprint density at radius 1 is 1.50 bits per heavy atom. The molecule has 0 atom stereocenters. The topological polar surface area (TPSA) is 43.8 Å². The van der Waals surface area contributed by atoms with Crippen molar-refractivity contribution >= 4 is 17.0 Å². The van der Waals surface area contributed by atoms with Gasteiger partial charge in [0.05, 0.1) is 11.7 Å². The van der Waals surface area contributed by atoms with E-state index in [4.69, 9.17) is 5.73 Å². The van der Waals surface area contributed by atoms with Gasteiger partial charge in [0, 0.05) is 24.5 Å². The highest BCUT2D eigenvalue weighted by atomic mass is 15.2. The lowest BCUT2D eigenvalue weighted by Gasteiger charge is -1.99. The standard InChI is InChI=1S/C11H13N3/c1-14-11-9(6-3-7-12)4-2-5-10(11)8-13-14/h2-6,8H,7,12H2,1H3/b6-3+. The fourth-order valence-corrected chi connectivity index (χ4v) is 1.59. The van der Waals surface area contributed by atoms with Crippen LogP contribution < -0.4 is 5.73 Å². The fourth-order valence-electron chi connectivity index (χ4n) is 1.59. The van der Waals surface area contributed by atoms with E-state index >= 15 is 0 Å². The van der Waals surface area contributed by atoms with Gasteiger partial charge in [-0.3, -0.25) is 4.68 Å². The van der Waals surface area contributed by atoms with Crippen LogP contribution in [0, 0.1) is 0 Å². The molecule has 0 amide bonds. The molecular weight excluding hydrogens is 174 g/mol. The van der Waals surface area contributed by atoms with Crippen LogP contribution >= 0.6 is 0 Å². The van der Waals surface area contributed by atoms with Crippen LogP contribution in [0.1, 0.15) is 5.56 Å². The Hall–Kier alpha value is -1.61. The van der Waals surface area contributed by atoms with Gasteiger partial charge in [-0.05, 0) is 0 Å². The first-order chi connectivity index (χ1) is 6.83. The highest BCUT2D eigenvalue weighted by Crippen LogP contribution is 2.18. The van der Waals surface area contributed by atoms with E-state index < -0.39 is 0 Å². The van der Waals surface area contributed by atoms with Crippen molar-refractivity contribution in [3.05, 3.63) is 36.0 Å². The number of hydrogen-bond acceptors (Lipinski definition) is 2. The average Bonchev–Trinajstić information content (AvgIpc) is 2.58. The highest BCUT2D eigenvalue weighted by molar-refractivity contribution is 5.87. The predicted molar refractivity (Wildman–Crippen MR) is 58.8 cm³/mol. The normalized spacial score (nSPS) is 11.6. The molecule has 0 bridgehead atoms. The number of aryl methyl sites for hydroxylation is 1. The summed E-state index contributed by atoms with van der Waals surface area (Å²) in [6.45, 7) is 0.564. The number of para-hydroxylation sites is 1. The van der Waals surface area contributed by atoms with E-state index in [-0.39, 0.29) is 0 Å². The van der Waals surface area contributed by atoms with Crippen molar-refractivity contribution in [3.8, 4) is 0 Å². The lowest BCUT2D eigenvalue weighted by atomic mass is 10.1. The fraction of sp³-hybridized carbons (Fsp3) is 0.182. The summed E-state index contributed by atoms with van der Waals surface area (Å²) < 4.78 is 1.88. The third kappa shape index (κ3) is 1.42. The summed E-state index contributed by atoms with van der Waals surface area (Å²) in [6.07, 6.45) is 5.85. The number of benzene rings is 1. The Balaban J connectivity index is 2.63. The van der Waals surface area contributed by atoms with Gasteiger partial charge in [-0.15, -0.1) is 0 Å². The van der Waals surface area contributed by atoms with E-state index in [9.17, 15) is 0 Å². The van der Waals surface area contributed by atoms with Crippen LogP contribution in [-0.2, 0) is 7.05 Å². The van der Waals surface area contributed by atoms with Gasteiger partial charge >= 0.3 is 0 Å². The molecule has 0 saturated heterocycles. The smallest absolute Gasteiger partial charge is 0.0751 e. The number of nitrogens with zero attached hydrogens (tertiary/aromatic N) is 2. The van der Waals surface area contributed by atoms with Crippen LogP contribution in [0.5, 0.6) is 0 Å². The van der Waals surface area contributed by atoms with Gasteiger partial charge in [-0.1, -0.05) is 30.4 Å². The number of aromatic nitrogens is 2. The van der Waals surface area contributed by atoms with Crippen LogP contribution in [-0.4, -0.2) is 16.3 Å². The van der Waals surface area contributed by atoms with Crippen LogP contribution in [0.25, 0.3) is 17.0 Å². The zero-order chi connectivity index (χ0) is 9.97. The zero-order valence-electron chi connectivity index (χ0n) is 8.14. The van der Waals surface area contributed by atoms with Gasteiger partial charge in [0.15, 0.2) is 0 Å². The second kappa shape index (κ2) is 3.64. The molecular formula is C11H13N3. The molecule has 3 heteroatoms. The van der Waals surface area contributed by atoms with E-state index in [1.54, 1.807) is 0 Å². The van der Waals surface area contributed by atoms with Gasteiger partial charge in [-0.2, -0.15) is 5.10 Å². The number of rotatable bonds is 2. The van der Waals surface area contributed by atoms with Crippen molar-refractivity contribution in [1.82, 2.24) is 9.78 Å². The van der Waals surface area contributed by atoms with Crippen molar-refractivity contribution in [3.63, 3.8) is 0 Å². The van der Waals surface area contributed by atoms with Crippen molar-refractivity contribution in [1.29, 1.82) is 0 Å². The molecule has 0 fully saturated rings. The largest absolute Gasteiger partial charge is 0.327 e. The molecule has 1 heterocycles. The molecule has 2 aromatic rings. The first-order valence-electron chi connectivity index (χ1n) is 4.60. The molecule has 0 aliphatic heterocycles. The molecule has 2 rings (SSSR count). The van der Waals surface area contributed by atoms with E-state index in [0.29, 0.717) is 6.54 Å². The molecule has 2 N–H and O–H groups in total. The third-order valence-corrected chi connectivity index (χ3v) is 2.23. The maximum absolute atomic E-state index is 5.42. The summed E-state index contributed by atoms with van der Waals surface area (Å²) in [5.74, 6) is 0. The van der Waals surface area contributed by atoms with Crippen LogP contribution in [0.4, 0.5) is 0 Å². The maximum Gasteiger partial charge on any atom is 0.0751 e. The third-order valence-electron chi connectivity index (χ3n) is 2.23. The van der Waals surface area contributed by atoms with Crippen molar-refractivity contribution in [2.45, 2.75) is 0 Å². The molecule has 0 spiro atoms. The highest BCUT2D eigenvalue weighted by Gasteiger charge is 2.01. The van der Waals surface area contributed by atoms with Gasteiger partial charge < -0.3 is 5.73 Å². The second-order valence-electron chi connectivity index (χ2n) is 3.19. The van der Waals surface area contributed by atoms with Crippen LogP contribution in [0.3, 0.4) is 0 Å². The molecule has 0 unspecified atom stereocenters. The minimum atomic E-state index is 0.564. The first kappa shape index (κ1) is 8.97. The van der Waals surface area contributed by atoms with E-state index in [1.165, 1.54) is 0 Å². The van der Waals surface area contributed by atoms with Crippen molar-refractivity contribution < 1.29 is 0 Å². The monoisotopic (exact) mass is 187 g/mol. The van der Waals surface area contributed by atoms with Crippen molar-refractivity contribution in [2.75, 3.05) is 6.54 Å². The van der Waals surface area contributed by atoms with E-state index in [1.807, 2.05) is 36.1 Å².